The lowest BCUT2D eigenvalue weighted by Crippen LogP contribution is -2.42. The van der Waals surface area contributed by atoms with Crippen molar-refractivity contribution in [2.24, 2.45) is 0 Å². The number of fused-ring (bicyclic) bond motifs is 1. The van der Waals surface area contributed by atoms with Gasteiger partial charge in [0.1, 0.15) is 5.69 Å². The highest BCUT2D eigenvalue weighted by molar-refractivity contribution is 6.00. The molecule has 0 unspecified atom stereocenters. The smallest absolute Gasteiger partial charge is 0.270 e. The summed E-state index contributed by atoms with van der Waals surface area (Å²) in [6.45, 7) is 4.84. The third-order valence-electron chi connectivity index (χ3n) is 6.31. The Kier molecular flexibility index (Phi) is 5.24. The number of aromatic nitrogens is 4. The first-order valence-corrected chi connectivity index (χ1v) is 10.9. The number of rotatable bonds is 5. The predicted molar refractivity (Wildman–Crippen MR) is 117 cm³/mol. The van der Waals surface area contributed by atoms with Crippen LogP contribution in [0.1, 0.15) is 40.9 Å². The molecule has 0 spiro atoms. The van der Waals surface area contributed by atoms with Crippen molar-refractivity contribution in [1.82, 2.24) is 29.8 Å². The van der Waals surface area contributed by atoms with E-state index in [1.807, 2.05) is 19.1 Å². The minimum atomic E-state index is -0.378. The molecule has 32 heavy (non-hydrogen) atoms. The van der Waals surface area contributed by atoms with Crippen LogP contribution in [0, 0.1) is 12.7 Å². The number of likely N-dealkylation sites (tertiary alicyclic amines) is 1. The summed E-state index contributed by atoms with van der Waals surface area (Å²) in [4.78, 5) is 31.8. The van der Waals surface area contributed by atoms with Crippen molar-refractivity contribution in [3.05, 3.63) is 53.2 Å². The van der Waals surface area contributed by atoms with Crippen LogP contribution in [0.3, 0.4) is 0 Å². The molecule has 4 heterocycles. The van der Waals surface area contributed by atoms with E-state index in [-0.39, 0.29) is 17.6 Å². The monoisotopic (exact) mass is 436 g/mol. The molecule has 1 aromatic carbocycles. The number of carbonyl (C=O) groups excluding carboxylic acids is 2. The Morgan fingerprint density at radius 3 is 2.75 bits per heavy atom. The van der Waals surface area contributed by atoms with Gasteiger partial charge in [0.25, 0.3) is 5.91 Å². The second-order valence-electron chi connectivity index (χ2n) is 8.42. The number of nitrogens with one attached hydrogen (secondary N) is 1. The van der Waals surface area contributed by atoms with Gasteiger partial charge in [-0.3, -0.25) is 14.3 Å². The molecule has 5 rings (SSSR count). The Labute approximate surface area is 184 Å². The predicted octanol–water partition coefficient (Wildman–Crippen LogP) is 2.76. The first kappa shape index (κ1) is 20.4. The standard InChI is InChI=1S/C23H25FN6O2/c1-15-12-18(21(24)22-17(15)13-19(26-22)23(32)28-8-3-9-28)16-4-2-7-29(14-16)20(31)5-10-30-11-6-25-27-30/h4,6,11-13,26H,2-3,5,7-10,14H2,1H3. The number of carbonyl (C=O) groups is 2. The van der Waals surface area contributed by atoms with E-state index >= 15 is 4.39 Å². The fourth-order valence-electron chi connectivity index (χ4n) is 4.34. The van der Waals surface area contributed by atoms with Gasteiger partial charge in [-0.2, -0.15) is 0 Å². The maximum Gasteiger partial charge on any atom is 0.270 e. The average Bonchev–Trinajstić information content (AvgIpc) is 3.44. The third kappa shape index (κ3) is 3.68. The van der Waals surface area contributed by atoms with Crippen LogP contribution in [-0.4, -0.2) is 67.8 Å². The first-order chi connectivity index (χ1) is 15.5. The molecule has 2 aromatic heterocycles. The van der Waals surface area contributed by atoms with Crippen LogP contribution in [0.2, 0.25) is 0 Å². The molecule has 0 radical (unpaired) electrons. The minimum absolute atomic E-state index is 0.00612. The number of hydrogen-bond acceptors (Lipinski definition) is 4. The summed E-state index contributed by atoms with van der Waals surface area (Å²) >= 11 is 0. The summed E-state index contributed by atoms with van der Waals surface area (Å²) in [5.74, 6) is -0.461. The maximum absolute atomic E-state index is 15.6. The van der Waals surface area contributed by atoms with Crippen molar-refractivity contribution in [3.63, 3.8) is 0 Å². The van der Waals surface area contributed by atoms with Crippen LogP contribution >= 0.6 is 0 Å². The highest BCUT2D eigenvalue weighted by atomic mass is 19.1. The molecule has 0 atom stereocenters. The second-order valence-corrected chi connectivity index (χ2v) is 8.42. The highest BCUT2D eigenvalue weighted by Gasteiger charge is 2.26. The van der Waals surface area contributed by atoms with Gasteiger partial charge in [0.15, 0.2) is 5.82 Å². The number of H-pyrrole nitrogens is 1. The van der Waals surface area contributed by atoms with E-state index in [4.69, 9.17) is 0 Å². The van der Waals surface area contributed by atoms with E-state index in [9.17, 15) is 9.59 Å². The summed E-state index contributed by atoms with van der Waals surface area (Å²) in [6.07, 6.45) is 7.29. The van der Waals surface area contributed by atoms with Gasteiger partial charge in [-0.15, -0.1) is 5.10 Å². The van der Waals surface area contributed by atoms with Crippen molar-refractivity contribution < 1.29 is 14.0 Å². The van der Waals surface area contributed by atoms with Gasteiger partial charge < -0.3 is 14.8 Å². The lowest BCUT2D eigenvalue weighted by Gasteiger charge is -2.30. The maximum atomic E-state index is 15.6. The largest absolute Gasteiger partial charge is 0.348 e. The van der Waals surface area contributed by atoms with E-state index in [1.54, 1.807) is 32.9 Å². The van der Waals surface area contributed by atoms with Gasteiger partial charge in [-0.05, 0) is 43.0 Å². The van der Waals surface area contributed by atoms with Crippen molar-refractivity contribution in [2.75, 3.05) is 26.2 Å². The topological polar surface area (TPSA) is 87.1 Å². The van der Waals surface area contributed by atoms with Gasteiger partial charge in [0.2, 0.25) is 5.91 Å². The molecule has 0 bridgehead atoms. The first-order valence-electron chi connectivity index (χ1n) is 10.9. The van der Waals surface area contributed by atoms with Crippen LogP contribution in [0.15, 0.2) is 30.6 Å². The molecule has 2 amide bonds. The minimum Gasteiger partial charge on any atom is -0.348 e. The molecule has 9 heteroatoms. The van der Waals surface area contributed by atoms with Crippen LogP contribution in [0.5, 0.6) is 0 Å². The molecular weight excluding hydrogens is 411 g/mol. The highest BCUT2D eigenvalue weighted by Crippen LogP contribution is 2.32. The normalized spacial score (nSPS) is 16.2. The zero-order valence-electron chi connectivity index (χ0n) is 18.0. The zero-order valence-corrected chi connectivity index (χ0v) is 18.0. The van der Waals surface area contributed by atoms with E-state index in [0.29, 0.717) is 54.6 Å². The molecule has 1 fully saturated rings. The number of aryl methyl sites for hydroxylation is 2. The summed E-state index contributed by atoms with van der Waals surface area (Å²) < 4.78 is 17.2. The molecule has 2 aliphatic heterocycles. The van der Waals surface area contributed by atoms with E-state index in [2.05, 4.69) is 15.3 Å². The molecule has 166 valence electrons. The Balaban J connectivity index is 1.37. The number of hydrogen-bond donors (Lipinski definition) is 1. The summed E-state index contributed by atoms with van der Waals surface area (Å²) in [6, 6.07) is 3.56. The molecular formula is C23H25FN6O2. The Hall–Kier alpha value is -3.49. The number of nitrogens with zero attached hydrogens (tertiary/aromatic N) is 5. The average molecular weight is 436 g/mol. The van der Waals surface area contributed by atoms with Crippen LogP contribution in [0.25, 0.3) is 16.5 Å². The third-order valence-corrected chi connectivity index (χ3v) is 6.31. The van der Waals surface area contributed by atoms with Crippen molar-refractivity contribution in [2.45, 2.75) is 32.7 Å². The molecule has 1 saturated heterocycles. The quantitative estimate of drug-likeness (QED) is 0.666. The summed E-state index contributed by atoms with van der Waals surface area (Å²) in [7, 11) is 0. The Bertz CT molecular complexity index is 1210. The number of amides is 2. The van der Waals surface area contributed by atoms with Crippen LogP contribution < -0.4 is 0 Å². The molecule has 0 saturated carbocycles. The van der Waals surface area contributed by atoms with Crippen LogP contribution in [0.4, 0.5) is 4.39 Å². The fourth-order valence-corrected chi connectivity index (χ4v) is 4.34. The molecule has 3 aromatic rings. The fraction of sp³-hybridized carbons (Fsp3) is 0.391. The van der Waals surface area contributed by atoms with E-state index < -0.39 is 0 Å². The second kappa shape index (κ2) is 8.22. The summed E-state index contributed by atoms with van der Waals surface area (Å²) in [5.41, 5.74) is 2.93. The number of halogens is 1. The summed E-state index contributed by atoms with van der Waals surface area (Å²) in [5, 5.41) is 8.35. The van der Waals surface area contributed by atoms with Gasteiger partial charge in [-0.1, -0.05) is 11.3 Å². The van der Waals surface area contributed by atoms with Crippen LogP contribution in [-0.2, 0) is 11.3 Å². The lowest BCUT2D eigenvalue weighted by atomic mass is 9.96. The Morgan fingerprint density at radius 1 is 1.19 bits per heavy atom. The zero-order chi connectivity index (χ0) is 22.2. The number of benzene rings is 1. The molecule has 2 aliphatic rings. The molecule has 1 N–H and O–H groups in total. The van der Waals surface area contributed by atoms with Gasteiger partial charge >= 0.3 is 0 Å². The van der Waals surface area contributed by atoms with Crippen molar-refractivity contribution in [1.29, 1.82) is 0 Å². The number of aromatic amines is 1. The van der Waals surface area contributed by atoms with E-state index in [0.717, 1.165) is 30.6 Å². The lowest BCUT2D eigenvalue weighted by molar-refractivity contribution is -0.131. The Morgan fingerprint density at radius 2 is 2.03 bits per heavy atom. The van der Waals surface area contributed by atoms with Crippen molar-refractivity contribution >= 4 is 28.3 Å². The SMILES string of the molecule is Cc1cc(C2=CCCN(C(=O)CCn3ccnn3)C2)c(F)c2[nH]c(C(=O)N3CCC3)cc12. The van der Waals surface area contributed by atoms with Gasteiger partial charge in [0, 0.05) is 49.7 Å². The van der Waals surface area contributed by atoms with Gasteiger partial charge in [0.05, 0.1) is 18.3 Å². The molecule has 0 aliphatic carbocycles. The van der Waals surface area contributed by atoms with Gasteiger partial charge in [-0.25, -0.2) is 4.39 Å². The molecule has 8 nitrogen and oxygen atoms in total. The van der Waals surface area contributed by atoms with Crippen molar-refractivity contribution in [3.8, 4) is 0 Å². The van der Waals surface area contributed by atoms with E-state index in [1.165, 1.54) is 0 Å².